The molecule has 2 aromatic rings. The van der Waals surface area contributed by atoms with Crippen LogP contribution in [0.3, 0.4) is 0 Å². The number of rotatable bonds is 2. The summed E-state index contributed by atoms with van der Waals surface area (Å²) in [5, 5.41) is 0. The number of aromatic nitrogens is 1. The summed E-state index contributed by atoms with van der Waals surface area (Å²) in [7, 11) is 1.44. The van der Waals surface area contributed by atoms with Crippen molar-refractivity contribution in [1.29, 1.82) is 0 Å². The molecule has 1 aliphatic heterocycles. The predicted octanol–water partition coefficient (Wildman–Crippen LogP) is 3.73. The molecule has 1 unspecified atom stereocenters. The highest BCUT2D eigenvalue weighted by molar-refractivity contribution is 7.09. The Kier molecular flexibility index (Phi) is 3.37. The van der Waals surface area contributed by atoms with Gasteiger partial charge >= 0.3 is 6.09 Å². The van der Waals surface area contributed by atoms with Crippen molar-refractivity contribution in [3.63, 3.8) is 0 Å². The zero-order chi connectivity index (χ0) is 15.1. The molecule has 1 aliphatic carbocycles. The largest absolute Gasteiger partial charge is 0.453 e. The van der Waals surface area contributed by atoms with Crippen LogP contribution in [-0.2, 0) is 11.2 Å². The van der Waals surface area contributed by atoms with E-state index in [0.29, 0.717) is 12.5 Å². The number of carbonyl (C=O) groups is 1. The molecule has 1 fully saturated rings. The molecular weight excluding hydrogens is 296 g/mol. The monoisotopic (exact) mass is 314 g/mol. The third kappa shape index (κ3) is 2.29. The number of nitrogens with zero attached hydrogens (tertiary/aromatic N) is 2. The maximum atomic E-state index is 12.2. The highest BCUT2D eigenvalue weighted by atomic mass is 32.1. The van der Waals surface area contributed by atoms with Gasteiger partial charge in [0.15, 0.2) is 0 Å². The smallest absolute Gasteiger partial charge is 0.410 e. The molecule has 22 heavy (non-hydrogen) atoms. The van der Waals surface area contributed by atoms with Crippen LogP contribution >= 0.6 is 11.3 Å². The van der Waals surface area contributed by atoms with Gasteiger partial charge in [-0.05, 0) is 29.9 Å². The molecule has 0 spiro atoms. The summed E-state index contributed by atoms with van der Waals surface area (Å²) in [4.78, 5) is 19.8. The van der Waals surface area contributed by atoms with Gasteiger partial charge in [0.05, 0.1) is 18.3 Å². The average Bonchev–Trinajstić information content (AvgIpc) is 3.31. The van der Waals surface area contributed by atoms with Gasteiger partial charge in [0.1, 0.15) is 6.04 Å². The molecule has 0 saturated heterocycles. The number of fused-ring (bicyclic) bond motifs is 1. The Bertz CT molecular complexity index is 708. The molecule has 5 heteroatoms. The van der Waals surface area contributed by atoms with Gasteiger partial charge < -0.3 is 4.74 Å². The number of hydrogen-bond acceptors (Lipinski definition) is 4. The maximum Gasteiger partial charge on any atom is 0.410 e. The summed E-state index contributed by atoms with van der Waals surface area (Å²) in [6.45, 7) is 0.681. The molecule has 1 atom stereocenters. The number of carbonyl (C=O) groups excluding carboxylic acids is 1. The lowest BCUT2D eigenvalue weighted by molar-refractivity contribution is 0.108. The molecule has 1 saturated carbocycles. The molecule has 4 nitrogen and oxygen atoms in total. The van der Waals surface area contributed by atoms with Gasteiger partial charge in [-0.15, -0.1) is 11.3 Å². The quantitative estimate of drug-likeness (QED) is 0.848. The molecule has 0 bridgehead atoms. The molecule has 2 heterocycles. The number of thiazole rings is 1. The zero-order valence-corrected chi connectivity index (χ0v) is 13.3. The fourth-order valence-electron chi connectivity index (χ4n) is 3.24. The second-order valence-electron chi connectivity index (χ2n) is 5.92. The van der Waals surface area contributed by atoms with E-state index >= 15 is 0 Å². The van der Waals surface area contributed by atoms with Gasteiger partial charge in [-0.3, -0.25) is 4.90 Å². The summed E-state index contributed by atoms with van der Waals surface area (Å²) in [6, 6.07) is 8.50. The minimum absolute atomic E-state index is 0.124. The fourth-order valence-corrected chi connectivity index (χ4v) is 4.03. The molecule has 4 rings (SSSR count). The second kappa shape index (κ2) is 5.39. The molecule has 114 valence electrons. The van der Waals surface area contributed by atoms with Crippen LogP contribution in [0.5, 0.6) is 0 Å². The van der Waals surface area contributed by atoms with Crippen molar-refractivity contribution in [1.82, 2.24) is 9.88 Å². The van der Waals surface area contributed by atoms with Crippen molar-refractivity contribution >= 4 is 17.4 Å². The van der Waals surface area contributed by atoms with E-state index in [0.717, 1.165) is 17.7 Å². The standard InChI is InChI=1S/C17H18N2O2S/c1-21-17(20)19-8-7-14-15(18-10-22-14)16(19)13-4-2-3-12(9-13)11-5-6-11/h2-4,9-11,16H,5-8H2,1H3. The maximum absolute atomic E-state index is 12.2. The van der Waals surface area contributed by atoms with E-state index < -0.39 is 0 Å². The number of ether oxygens (including phenoxy) is 1. The summed E-state index contributed by atoms with van der Waals surface area (Å²) < 4.78 is 4.99. The van der Waals surface area contributed by atoms with Gasteiger partial charge in [-0.2, -0.15) is 0 Å². The molecule has 1 aromatic heterocycles. The first-order valence-corrected chi connectivity index (χ1v) is 8.52. The Hall–Kier alpha value is -1.88. The van der Waals surface area contributed by atoms with E-state index in [-0.39, 0.29) is 12.1 Å². The first-order valence-electron chi connectivity index (χ1n) is 7.64. The number of methoxy groups -OCH3 is 1. The van der Waals surface area contributed by atoms with Crippen LogP contribution < -0.4 is 0 Å². The number of hydrogen-bond donors (Lipinski definition) is 0. The molecule has 1 amide bonds. The van der Waals surface area contributed by atoms with E-state index in [2.05, 4.69) is 29.2 Å². The predicted molar refractivity (Wildman–Crippen MR) is 85.2 cm³/mol. The molecule has 1 aromatic carbocycles. The highest BCUT2D eigenvalue weighted by Gasteiger charge is 2.35. The minimum atomic E-state index is -0.277. The Morgan fingerprint density at radius 3 is 2.95 bits per heavy atom. The Labute approximate surface area is 133 Å². The lowest BCUT2D eigenvalue weighted by atomic mass is 9.95. The molecule has 2 aliphatic rings. The van der Waals surface area contributed by atoms with Gasteiger partial charge in [-0.1, -0.05) is 24.3 Å². The van der Waals surface area contributed by atoms with Crippen LogP contribution in [0.4, 0.5) is 4.79 Å². The van der Waals surface area contributed by atoms with Crippen LogP contribution in [0.25, 0.3) is 0 Å². The summed E-state index contributed by atoms with van der Waals surface area (Å²) in [5.41, 5.74) is 5.41. The van der Waals surface area contributed by atoms with E-state index in [4.69, 9.17) is 4.74 Å². The highest BCUT2D eigenvalue weighted by Crippen LogP contribution is 2.42. The van der Waals surface area contributed by atoms with E-state index in [1.54, 1.807) is 16.2 Å². The van der Waals surface area contributed by atoms with Gasteiger partial charge in [0.25, 0.3) is 0 Å². The molecular formula is C17H18N2O2S. The average molecular weight is 314 g/mol. The van der Waals surface area contributed by atoms with Crippen molar-refractivity contribution in [2.45, 2.75) is 31.2 Å². The van der Waals surface area contributed by atoms with Crippen LogP contribution in [0.15, 0.2) is 29.8 Å². The summed E-state index contributed by atoms with van der Waals surface area (Å²) >= 11 is 1.68. The van der Waals surface area contributed by atoms with E-state index in [9.17, 15) is 4.79 Å². The lowest BCUT2D eigenvalue weighted by Crippen LogP contribution is -2.40. The second-order valence-corrected chi connectivity index (χ2v) is 6.86. The van der Waals surface area contributed by atoms with Gasteiger partial charge in [0, 0.05) is 17.8 Å². The number of amides is 1. The van der Waals surface area contributed by atoms with Gasteiger partial charge in [0.2, 0.25) is 0 Å². The minimum Gasteiger partial charge on any atom is -0.453 e. The third-order valence-corrected chi connectivity index (χ3v) is 5.42. The van der Waals surface area contributed by atoms with E-state index in [1.165, 1.54) is 30.4 Å². The van der Waals surface area contributed by atoms with Crippen molar-refractivity contribution < 1.29 is 9.53 Å². The molecule has 0 radical (unpaired) electrons. The van der Waals surface area contributed by atoms with Crippen molar-refractivity contribution in [2.75, 3.05) is 13.7 Å². The normalized spacial score (nSPS) is 20.6. The molecule has 0 N–H and O–H groups in total. The van der Waals surface area contributed by atoms with Crippen LogP contribution in [0.1, 0.15) is 46.5 Å². The summed E-state index contributed by atoms with van der Waals surface area (Å²) in [5.74, 6) is 0.699. The van der Waals surface area contributed by atoms with Crippen LogP contribution in [0, 0.1) is 0 Å². The Morgan fingerprint density at radius 1 is 1.36 bits per heavy atom. The third-order valence-electron chi connectivity index (χ3n) is 4.51. The van der Waals surface area contributed by atoms with Crippen LogP contribution in [-0.4, -0.2) is 29.6 Å². The number of benzene rings is 1. The SMILES string of the molecule is COC(=O)N1CCc2scnc2C1c1cccc(C2CC2)c1. The fraction of sp³-hybridized carbons (Fsp3) is 0.412. The zero-order valence-electron chi connectivity index (χ0n) is 12.5. The first-order chi connectivity index (χ1) is 10.8. The van der Waals surface area contributed by atoms with Crippen molar-refractivity contribution in [2.24, 2.45) is 0 Å². The van der Waals surface area contributed by atoms with E-state index in [1.807, 2.05) is 5.51 Å². The van der Waals surface area contributed by atoms with Gasteiger partial charge in [-0.25, -0.2) is 9.78 Å². The summed E-state index contributed by atoms with van der Waals surface area (Å²) in [6.07, 6.45) is 3.13. The van der Waals surface area contributed by atoms with Crippen molar-refractivity contribution in [3.05, 3.63) is 51.5 Å². The van der Waals surface area contributed by atoms with Crippen LogP contribution in [0.2, 0.25) is 0 Å². The topological polar surface area (TPSA) is 42.4 Å². The Balaban J connectivity index is 1.78. The Morgan fingerprint density at radius 2 is 2.18 bits per heavy atom. The lowest BCUT2D eigenvalue weighted by Gasteiger charge is -2.34. The first kappa shape index (κ1) is 13.8. The van der Waals surface area contributed by atoms with Crippen molar-refractivity contribution in [3.8, 4) is 0 Å².